The van der Waals surface area contributed by atoms with Crippen molar-refractivity contribution in [1.82, 2.24) is 9.88 Å². The van der Waals surface area contributed by atoms with Gasteiger partial charge >= 0.3 is 0 Å². The van der Waals surface area contributed by atoms with E-state index >= 15 is 0 Å². The van der Waals surface area contributed by atoms with Crippen LogP contribution in [-0.4, -0.2) is 63.6 Å². The lowest BCUT2D eigenvalue weighted by Gasteiger charge is -2.58. The lowest BCUT2D eigenvalue weighted by molar-refractivity contribution is -0.148. The van der Waals surface area contributed by atoms with Crippen molar-refractivity contribution in [2.75, 3.05) is 25.0 Å². The number of nitrogens with zero attached hydrogens (tertiary/aromatic N) is 2. The number of likely N-dealkylation sites (tertiary alicyclic amines) is 1. The Labute approximate surface area is 234 Å². The molecule has 1 saturated heterocycles. The quantitative estimate of drug-likeness (QED) is 0.420. The molecule has 3 aliphatic carbocycles. The summed E-state index contributed by atoms with van der Waals surface area (Å²) in [6.45, 7) is 5.05. The molecule has 1 aromatic heterocycles. The summed E-state index contributed by atoms with van der Waals surface area (Å²) in [5.41, 5.74) is 5.34. The predicted molar refractivity (Wildman–Crippen MR) is 149 cm³/mol. The van der Waals surface area contributed by atoms with Crippen LogP contribution in [0.25, 0.3) is 0 Å². The van der Waals surface area contributed by atoms with Crippen LogP contribution in [0.5, 0.6) is 0 Å². The Morgan fingerprint density at radius 1 is 1.08 bits per heavy atom. The number of hydrogen-bond donors (Lipinski definition) is 4. The maximum absolute atomic E-state index is 13.7. The van der Waals surface area contributed by atoms with Gasteiger partial charge in [-0.1, -0.05) is 33.1 Å². The fourth-order valence-corrected chi connectivity index (χ4v) is 9.06. The number of hydrogen-bond acceptors (Lipinski definition) is 7. The van der Waals surface area contributed by atoms with E-state index in [4.69, 9.17) is 10.7 Å². The number of thiazole rings is 1. The van der Waals surface area contributed by atoms with E-state index in [1.54, 1.807) is 0 Å². The first kappa shape index (κ1) is 28.5. The van der Waals surface area contributed by atoms with Gasteiger partial charge in [-0.25, -0.2) is 4.98 Å². The molecular weight excluding hydrogens is 516 g/mol. The number of amides is 3. The third-order valence-corrected chi connectivity index (χ3v) is 11.7. The van der Waals surface area contributed by atoms with Crippen LogP contribution < -0.4 is 11.1 Å². The summed E-state index contributed by atoms with van der Waals surface area (Å²) >= 11 is 1.48. The molecule has 2 saturated carbocycles. The molecule has 4 aliphatic rings. The zero-order valence-corrected chi connectivity index (χ0v) is 24.1. The van der Waals surface area contributed by atoms with Crippen molar-refractivity contribution in [3.05, 3.63) is 10.6 Å². The first-order valence-electron chi connectivity index (χ1n) is 14.7. The highest BCUT2D eigenvalue weighted by Crippen LogP contribution is 2.63. The molecule has 5 unspecified atom stereocenters. The van der Waals surface area contributed by atoms with E-state index in [9.17, 15) is 24.6 Å². The Kier molecular flexibility index (Phi) is 8.10. The average molecular weight is 561 g/mol. The summed E-state index contributed by atoms with van der Waals surface area (Å²) in [4.78, 5) is 46.2. The molecule has 3 amide bonds. The Hall–Kier alpha value is -2.04. The second-order valence-corrected chi connectivity index (χ2v) is 14.0. The van der Waals surface area contributed by atoms with E-state index in [2.05, 4.69) is 12.2 Å². The molecule has 5 N–H and O–H groups in total. The highest BCUT2D eigenvalue weighted by molar-refractivity contribution is 7.15. The second kappa shape index (κ2) is 11.1. The van der Waals surface area contributed by atoms with Crippen molar-refractivity contribution in [1.29, 1.82) is 0 Å². The van der Waals surface area contributed by atoms with Crippen molar-refractivity contribution in [3.8, 4) is 0 Å². The van der Waals surface area contributed by atoms with Crippen molar-refractivity contribution in [3.63, 3.8) is 0 Å². The number of nitrogens with one attached hydrogen (secondary N) is 1. The number of aliphatic hydroxyl groups is 2. The monoisotopic (exact) mass is 560 g/mol. The first-order chi connectivity index (χ1) is 18.6. The predicted octanol–water partition coefficient (Wildman–Crippen LogP) is 3.19. The minimum atomic E-state index is -0.693. The number of carbonyl (C=O) groups excluding carboxylic acids is 3. The standard InChI is InChI=1S/C29H44N4O5S/c1-28-11-8-22(35)29(2,16-34)21(28)15-20-24(31-27(39-20)32-26(38)18-6-4-3-5-7-18)19(28)14-23(36)33-12-9-17(10-13-33)25(30)37/h17-19,21-22,34-35H,3-16H2,1-2H3,(H2,30,37)(H,31,32,38). The number of carbonyl (C=O) groups is 3. The molecule has 0 bridgehead atoms. The zero-order valence-electron chi connectivity index (χ0n) is 23.3. The Morgan fingerprint density at radius 3 is 2.41 bits per heavy atom. The van der Waals surface area contributed by atoms with E-state index < -0.39 is 11.5 Å². The van der Waals surface area contributed by atoms with Crippen LogP contribution in [0.4, 0.5) is 5.13 Å². The van der Waals surface area contributed by atoms with E-state index in [-0.39, 0.29) is 59.8 Å². The van der Waals surface area contributed by atoms with Gasteiger partial charge < -0.3 is 26.2 Å². The number of rotatable bonds is 6. The van der Waals surface area contributed by atoms with Gasteiger partial charge in [0.15, 0.2) is 5.13 Å². The highest BCUT2D eigenvalue weighted by atomic mass is 32.1. The number of nitrogens with two attached hydrogens (primary N) is 1. The topological polar surface area (TPSA) is 146 Å². The van der Waals surface area contributed by atoms with Crippen LogP contribution in [0, 0.1) is 28.6 Å². The molecule has 216 valence electrons. The van der Waals surface area contributed by atoms with Gasteiger partial charge in [-0.15, -0.1) is 11.3 Å². The molecule has 0 spiro atoms. The molecule has 39 heavy (non-hydrogen) atoms. The number of primary amides is 1. The summed E-state index contributed by atoms with van der Waals surface area (Å²) in [5, 5.41) is 25.2. The molecule has 1 aromatic rings. The Morgan fingerprint density at radius 2 is 1.77 bits per heavy atom. The van der Waals surface area contributed by atoms with Gasteiger partial charge in [0.2, 0.25) is 17.7 Å². The Balaban J connectivity index is 1.43. The SMILES string of the molecule is CC1(CO)C(O)CCC2(C)C(CC(=O)N3CCC(C(N)=O)CC3)c3nc(NC(=O)C4CCCCC4)sc3CC12. The van der Waals surface area contributed by atoms with Crippen molar-refractivity contribution in [2.24, 2.45) is 34.3 Å². The van der Waals surface area contributed by atoms with Gasteiger partial charge in [-0.2, -0.15) is 0 Å². The number of aliphatic hydroxyl groups excluding tert-OH is 2. The van der Waals surface area contributed by atoms with Crippen molar-refractivity contribution >= 4 is 34.2 Å². The summed E-state index contributed by atoms with van der Waals surface area (Å²) in [6, 6.07) is 0. The fraction of sp³-hybridized carbons (Fsp3) is 0.793. The average Bonchev–Trinajstić information content (AvgIpc) is 3.34. The fourth-order valence-electron chi connectivity index (χ4n) is 7.99. The highest BCUT2D eigenvalue weighted by Gasteiger charge is 2.59. The Bertz CT molecular complexity index is 1100. The normalized spacial score (nSPS) is 33.7. The number of fused-ring (bicyclic) bond motifs is 2. The summed E-state index contributed by atoms with van der Waals surface area (Å²) in [7, 11) is 0. The molecule has 10 heteroatoms. The lowest BCUT2D eigenvalue weighted by Crippen LogP contribution is -2.58. The summed E-state index contributed by atoms with van der Waals surface area (Å²) in [6.07, 6.45) is 7.93. The van der Waals surface area contributed by atoms with E-state index in [0.29, 0.717) is 43.9 Å². The summed E-state index contributed by atoms with van der Waals surface area (Å²) in [5.74, 6) is -0.624. The lowest BCUT2D eigenvalue weighted by atomic mass is 9.47. The number of aromatic nitrogens is 1. The van der Waals surface area contributed by atoms with Gasteiger partial charge in [-0.05, 0) is 56.3 Å². The minimum absolute atomic E-state index is 0.0216. The van der Waals surface area contributed by atoms with Gasteiger partial charge in [0.05, 0.1) is 18.4 Å². The van der Waals surface area contributed by atoms with E-state index in [1.807, 2.05) is 11.8 Å². The van der Waals surface area contributed by atoms with Crippen LogP contribution in [0.3, 0.4) is 0 Å². The smallest absolute Gasteiger partial charge is 0.229 e. The van der Waals surface area contributed by atoms with E-state index in [0.717, 1.165) is 42.7 Å². The second-order valence-electron chi connectivity index (χ2n) is 12.9. The van der Waals surface area contributed by atoms with Gasteiger partial charge in [0, 0.05) is 47.6 Å². The van der Waals surface area contributed by atoms with Crippen molar-refractivity contribution in [2.45, 2.75) is 96.5 Å². The molecule has 3 fully saturated rings. The molecule has 2 heterocycles. The molecule has 1 aliphatic heterocycles. The van der Waals surface area contributed by atoms with Crippen molar-refractivity contribution < 1.29 is 24.6 Å². The van der Waals surface area contributed by atoms with E-state index in [1.165, 1.54) is 17.8 Å². The maximum atomic E-state index is 13.7. The molecule has 0 radical (unpaired) electrons. The molecular formula is C29H44N4O5S. The number of piperidine rings is 1. The van der Waals surface area contributed by atoms with Gasteiger partial charge in [0.1, 0.15) is 0 Å². The zero-order chi connectivity index (χ0) is 27.9. The molecule has 5 atom stereocenters. The first-order valence-corrected chi connectivity index (χ1v) is 15.5. The largest absolute Gasteiger partial charge is 0.396 e. The third-order valence-electron chi connectivity index (χ3n) is 10.7. The minimum Gasteiger partial charge on any atom is -0.396 e. The van der Waals surface area contributed by atoms with Crippen LogP contribution >= 0.6 is 11.3 Å². The molecule has 0 aromatic carbocycles. The van der Waals surface area contributed by atoms with Crippen LogP contribution in [0.2, 0.25) is 0 Å². The van der Waals surface area contributed by atoms with Gasteiger partial charge in [0.25, 0.3) is 0 Å². The van der Waals surface area contributed by atoms with Crippen LogP contribution in [-0.2, 0) is 20.8 Å². The maximum Gasteiger partial charge on any atom is 0.229 e. The van der Waals surface area contributed by atoms with Crippen LogP contribution in [0.15, 0.2) is 0 Å². The number of anilines is 1. The summed E-state index contributed by atoms with van der Waals surface area (Å²) < 4.78 is 0. The third kappa shape index (κ3) is 5.24. The van der Waals surface area contributed by atoms with Gasteiger partial charge in [-0.3, -0.25) is 14.4 Å². The molecule has 5 rings (SSSR count). The van der Waals surface area contributed by atoms with Crippen LogP contribution in [0.1, 0.15) is 94.5 Å². The molecule has 9 nitrogen and oxygen atoms in total.